The van der Waals surface area contributed by atoms with Gasteiger partial charge in [0, 0.05) is 27.8 Å². The molecule has 1 N–H and O–H groups in total. The van der Waals surface area contributed by atoms with Crippen molar-refractivity contribution < 1.29 is 43.7 Å². The first kappa shape index (κ1) is 42.2. The van der Waals surface area contributed by atoms with Crippen molar-refractivity contribution >= 4 is 23.3 Å². The van der Waals surface area contributed by atoms with Gasteiger partial charge in [-0.15, -0.1) is 0 Å². The molecule has 280 valence electrons. The number of nitrogens with zero attached hydrogens (tertiary/aromatic N) is 6. The quantitative estimate of drug-likeness (QED) is 0.161. The van der Waals surface area contributed by atoms with E-state index in [1.165, 1.54) is 23.0 Å². The van der Waals surface area contributed by atoms with Crippen molar-refractivity contribution in [3.8, 4) is 56.4 Å². The van der Waals surface area contributed by atoms with Crippen LogP contribution in [0, 0.1) is 11.6 Å². The molecule has 8 aromatic rings. The first-order valence-electron chi connectivity index (χ1n) is 17.4. The molecular formula is C44H38AlF2LiN6O3. The predicted octanol–water partition coefficient (Wildman–Crippen LogP) is 5.08. The van der Waals surface area contributed by atoms with E-state index in [4.69, 9.17) is 4.74 Å². The molecule has 4 aromatic heterocycles. The minimum atomic E-state index is -0.550. The summed E-state index contributed by atoms with van der Waals surface area (Å²) in [5.41, 5.74) is 7.23. The molecule has 0 spiro atoms. The van der Waals surface area contributed by atoms with E-state index in [1.54, 1.807) is 66.6 Å². The third-order valence-electron chi connectivity index (χ3n) is 8.66. The molecular weight excluding hydrogens is 732 g/mol. The number of aromatic nitrogens is 6. The summed E-state index contributed by atoms with van der Waals surface area (Å²) in [4.78, 5) is 21.4. The molecule has 0 fully saturated rings. The fourth-order valence-electron chi connectivity index (χ4n) is 6.03. The number of ether oxygens (including phenoxy) is 1. The van der Waals surface area contributed by atoms with Gasteiger partial charge in [0.05, 0.1) is 72.2 Å². The van der Waals surface area contributed by atoms with Gasteiger partial charge in [-0.05, 0) is 55.5 Å². The fraction of sp³-hybridized carbons (Fsp3) is 0.0682. The van der Waals surface area contributed by atoms with Crippen LogP contribution in [0.3, 0.4) is 0 Å². The number of pyridine rings is 2. The Morgan fingerprint density at radius 3 is 1.54 bits per heavy atom. The van der Waals surface area contributed by atoms with Crippen LogP contribution >= 0.6 is 0 Å². The molecule has 0 aliphatic rings. The summed E-state index contributed by atoms with van der Waals surface area (Å²) in [6.07, 6.45) is 6.28. The molecule has 4 heterocycles. The van der Waals surface area contributed by atoms with Crippen LogP contribution in [0.25, 0.3) is 56.4 Å². The maximum Gasteiger partial charge on any atom is 1.00 e. The van der Waals surface area contributed by atoms with Crippen LogP contribution in [0.1, 0.15) is 24.3 Å². The van der Waals surface area contributed by atoms with Crippen LogP contribution in [-0.4, -0.2) is 64.6 Å². The molecule has 4 aromatic carbocycles. The molecule has 8 rings (SSSR count). The van der Waals surface area contributed by atoms with E-state index in [-0.39, 0.29) is 67.8 Å². The van der Waals surface area contributed by atoms with Crippen LogP contribution in [-0.2, 0) is 11.3 Å². The van der Waals surface area contributed by atoms with E-state index in [0.29, 0.717) is 33.9 Å². The Labute approximate surface area is 352 Å². The zero-order valence-corrected chi connectivity index (χ0v) is 30.6. The molecule has 0 saturated carbocycles. The van der Waals surface area contributed by atoms with E-state index >= 15 is 0 Å². The maximum absolute atomic E-state index is 14.6. The van der Waals surface area contributed by atoms with Gasteiger partial charge in [-0.2, -0.15) is 10.2 Å². The third-order valence-corrected chi connectivity index (χ3v) is 8.66. The second-order valence-corrected chi connectivity index (χ2v) is 12.1. The van der Waals surface area contributed by atoms with Crippen molar-refractivity contribution in [3.63, 3.8) is 0 Å². The second kappa shape index (κ2) is 19.7. The van der Waals surface area contributed by atoms with Crippen molar-refractivity contribution in [3.05, 3.63) is 181 Å². The summed E-state index contributed by atoms with van der Waals surface area (Å²) in [5, 5.41) is 18.3. The van der Waals surface area contributed by atoms with Crippen LogP contribution in [0.5, 0.6) is 0 Å². The van der Waals surface area contributed by atoms with Crippen LogP contribution in [0.15, 0.2) is 158 Å². The summed E-state index contributed by atoms with van der Waals surface area (Å²) >= 11 is 0. The van der Waals surface area contributed by atoms with Gasteiger partial charge >= 0.3 is 24.8 Å². The molecule has 0 radical (unpaired) electrons. The Morgan fingerprint density at radius 1 is 0.632 bits per heavy atom. The summed E-state index contributed by atoms with van der Waals surface area (Å²) < 4.78 is 37.1. The molecule has 13 heteroatoms. The second-order valence-electron chi connectivity index (χ2n) is 12.1. The minimum Gasteiger partial charge on any atom is -1.00 e. The van der Waals surface area contributed by atoms with Gasteiger partial charge in [-0.25, -0.2) is 22.9 Å². The fourth-order valence-corrected chi connectivity index (χ4v) is 6.03. The van der Waals surface area contributed by atoms with Gasteiger partial charge in [0.1, 0.15) is 17.2 Å². The monoisotopic (exact) mass is 770 g/mol. The van der Waals surface area contributed by atoms with E-state index in [0.717, 1.165) is 22.5 Å². The number of carbonyl (C=O) groups is 1. The number of hydrogen-bond donors (Lipinski definition) is 1. The number of halogens is 2. The van der Waals surface area contributed by atoms with Crippen LogP contribution in [0.2, 0.25) is 0 Å². The standard InChI is InChI=1S/C23H18FN3O2.C21H16FN3O.Al.Li.4H/c1-2-29-23(28)19-15-26-27(22(19)18-10-6-7-11-20(18)24)17-12-13-21(25-14-17)16-8-4-3-5-9-16;22-19-9-5-4-8-18(19)21-16(14-26)12-24-25(21)17-10-11-20(23-13-17)15-6-2-1-3-7-15;;;;;;/h3-15H,2H2,1H3;1-13,26H,14H2;;;;;;/q;;;+1;;;;-1. The Morgan fingerprint density at radius 2 is 1.09 bits per heavy atom. The van der Waals surface area contributed by atoms with Crippen molar-refractivity contribution in [1.29, 1.82) is 0 Å². The molecule has 0 saturated heterocycles. The maximum atomic E-state index is 14.6. The number of carbonyl (C=O) groups excluding carboxylic acids is 1. The average Bonchev–Trinajstić information content (AvgIpc) is 3.88. The summed E-state index contributed by atoms with van der Waals surface area (Å²) in [6, 6.07) is 39.8. The number of benzene rings is 4. The zero-order chi connectivity index (χ0) is 38.1. The van der Waals surface area contributed by atoms with Gasteiger partial charge in [0.2, 0.25) is 0 Å². The Bertz CT molecular complexity index is 2540. The Balaban J connectivity index is 0.000000245. The molecule has 0 aliphatic heterocycles. The van der Waals surface area contributed by atoms with Crippen molar-refractivity contribution in [1.82, 2.24) is 29.5 Å². The smallest absolute Gasteiger partial charge is 1.00 e. The minimum absolute atomic E-state index is 0. The van der Waals surface area contributed by atoms with Crippen LogP contribution < -0.4 is 18.9 Å². The molecule has 57 heavy (non-hydrogen) atoms. The van der Waals surface area contributed by atoms with Crippen molar-refractivity contribution in [2.75, 3.05) is 6.61 Å². The SMILES string of the molecule is CCOC(=O)c1cnn(-c2ccc(-c3ccccc3)nc2)c1-c1ccccc1F.OCc1cnn(-c2ccc(-c3ccccc3)nc2)c1-c1ccccc1F.[AlH3].[H-].[Li+]. The van der Waals surface area contributed by atoms with Gasteiger partial charge in [-0.3, -0.25) is 9.97 Å². The topological polar surface area (TPSA) is 108 Å². The van der Waals surface area contributed by atoms with Gasteiger partial charge in [0.15, 0.2) is 17.4 Å². The molecule has 0 unspecified atom stereocenters. The summed E-state index contributed by atoms with van der Waals surface area (Å²) in [7, 11) is 0. The number of hydrogen-bond acceptors (Lipinski definition) is 7. The van der Waals surface area contributed by atoms with E-state index in [9.17, 15) is 18.7 Å². The number of rotatable bonds is 9. The molecule has 0 aliphatic carbocycles. The predicted molar refractivity (Wildman–Crippen MR) is 217 cm³/mol. The first-order chi connectivity index (χ1) is 27.0. The largest absolute Gasteiger partial charge is 1.00 e. The Hall–Kier alpha value is -5.98. The normalized spacial score (nSPS) is 10.4. The van der Waals surface area contributed by atoms with E-state index in [2.05, 4.69) is 20.2 Å². The van der Waals surface area contributed by atoms with Gasteiger partial charge < -0.3 is 11.3 Å². The molecule has 0 atom stereocenters. The Kier molecular flexibility index (Phi) is 14.6. The van der Waals surface area contributed by atoms with E-state index in [1.807, 2.05) is 84.9 Å². The number of esters is 1. The van der Waals surface area contributed by atoms with Crippen molar-refractivity contribution in [2.24, 2.45) is 0 Å². The molecule has 9 nitrogen and oxygen atoms in total. The van der Waals surface area contributed by atoms with Gasteiger partial charge in [-0.1, -0.05) is 84.9 Å². The molecule has 0 bridgehead atoms. The third kappa shape index (κ3) is 9.36. The number of aliphatic hydroxyl groups is 1. The average molecular weight is 771 g/mol. The first-order valence-corrected chi connectivity index (χ1v) is 17.4. The van der Waals surface area contributed by atoms with E-state index < -0.39 is 11.8 Å². The van der Waals surface area contributed by atoms with Crippen LogP contribution in [0.4, 0.5) is 8.78 Å². The summed E-state index contributed by atoms with van der Waals surface area (Å²) in [5.74, 6) is -1.36. The van der Waals surface area contributed by atoms with Gasteiger partial charge in [0.25, 0.3) is 0 Å². The zero-order valence-electron chi connectivity index (χ0n) is 31.6. The summed E-state index contributed by atoms with van der Waals surface area (Å²) in [6.45, 7) is 1.71. The van der Waals surface area contributed by atoms with Crippen molar-refractivity contribution in [2.45, 2.75) is 13.5 Å². The number of aliphatic hydroxyl groups excluding tert-OH is 1. The molecule has 0 amide bonds.